The number of amides is 1. The largest absolute Gasteiger partial charge is 0.465 e. The van der Waals surface area contributed by atoms with Crippen LogP contribution in [0.25, 0.3) is 5.69 Å². The highest BCUT2D eigenvalue weighted by molar-refractivity contribution is 5.82. The summed E-state index contributed by atoms with van der Waals surface area (Å²) in [7, 11) is 1.80. The first-order chi connectivity index (χ1) is 11.9. The maximum atomic E-state index is 12.3. The minimum Gasteiger partial charge on any atom is -0.465 e. The monoisotopic (exact) mass is 339 g/mol. The second-order valence-electron chi connectivity index (χ2n) is 5.66. The Labute approximate surface area is 143 Å². The molecule has 25 heavy (non-hydrogen) atoms. The van der Waals surface area contributed by atoms with E-state index in [9.17, 15) is 9.59 Å². The first-order valence-electron chi connectivity index (χ1n) is 7.63. The molecule has 0 aliphatic carbocycles. The summed E-state index contributed by atoms with van der Waals surface area (Å²) in [5.74, 6) is -0.299. The summed E-state index contributed by atoms with van der Waals surface area (Å²) in [6, 6.07) is 8.38. The summed E-state index contributed by atoms with van der Waals surface area (Å²) in [6.07, 6.45) is 3.91. The highest BCUT2D eigenvalue weighted by Gasteiger charge is 2.16. The van der Waals surface area contributed by atoms with Gasteiger partial charge in [-0.1, -0.05) is 19.1 Å². The third-order valence-electron chi connectivity index (χ3n) is 3.84. The molecule has 8 nitrogen and oxygen atoms in total. The molecule has 1 amide bonds. The summed E-state index contributed by atoms with van der Waals surface area (Å²) in [5.41, 5.74) is 2.18. The predicted octanol–water partition coefficient (Wildman–Crippen LogP) is 2.21. The Hall–Kier alpha value is -3.42. The van der Waals surface area contributed by atoms with Crippen LogP contribution >= 0.6 is 0 Å². The van der Waals surface area contributed by atoms with Crippen molar-refractivity contribution >= 4 is 11.8 Å². The molecular formula is C17H17N5O3. The van der Waals surface area contributed by atoms with E-state index in [4.69, 9.17) is 5.11 Å². The van der Waals surface area contributed by atoms with Gasteiger partial charge in [-0.05, 0) is 17.7 Å². The Morgan fingerprint density at radius 1 is 1.32 bits per heavy atom. The van der Waals surface area contributed by atoms with E-state index in [1.54, 1.807) is 53.2 Å². The number of carbonyl (C=O) groups is 1. The number of benzene rings is 1. The van der Waals surface area contributed by atoms with E-state index in [1.165, 1.54) is 6.07 Å². The van der Waals surface area contributed by atoms with Crippen LogP contribution in [0.4, 0.5) is 10.5 Å². The molecule has 8 heteroatoms. The van der Waals surface area contributed by atoms with Crippen molar-refractivity contribution < 1.29 is 9.90 Å². The van der Waals surface area contributed by atoms with E-state index in [0.29, 0.717) is 11.4 Å². The molecule has 3 rings (SSSR count). The van der Waals surface area contributed by atoms with Crippen LogP contribution in [-0.2, 0) is 7.05 Å². The molecule has 0 radical (unpaired) electrons. The van der Waals surface area contributed by atoms with Crippen LogP contribution in [0.3, 0.4) is 0 Å². The van der Waals surface area contributed by atoms with Crippen LogP contribution in [0.2, 0.25) is 0 Å². The van der Waals surface area contributed by atoms with Crippen molar-refractivity contribution in [2.45, 2.75) is 12.8 Å². The van der Waals surface area contributed by atoms with Crippen LogP contribution < -0.4 is 10.7 Å². The van der Waals surface area contributed by atoms with Gasteiger partial charge in [0.25, 0.3) is 0 Å². The molecule has 0 aliphatic rings. The highest BCUT2D eigenvalue weighted by Crippen LogP contribution is 2.23. The Bertz CT molecular complexity index is 976. The molecule has 0 spiro atoms. The maximum Gasteiger partial charge on any atom is 0.409 e. The Kier molecular flexibility index (Phi) is 4.34. The van der Waals surface area contributed by atoms with Crippen molar-refractivity contribution in [2.75, 3.05) is 5.32 Å². The van der Waals surface area contributed by atoms with Gasteiger partial charge in [0.15, 0.2) is 0 Å². The lowest BCUT2D eigenvalue weighted by atomic mass is 9.97. The zero-order chi connectivity index (χ0) is 18.0. The summed E-state index contributed by atoms with van der Waals surface area (Å²) in [4.78, 5) is 23.1. The Balaban J connectivity index is 1.98. The Morgan fingerprint density at radius 2 is 2.12 bits per heavy atom. The minimum absolute atomic E-state index is 0.177. The molecule has 2 aromatic heterocycles. The molecule has 0 saturated heterocycles. The van der Waals surface area contributed by atoms with Gasteiger partial charge >= 0.3 is 6.09 Å². The average Bonchev–Trinajstić information content (AvgIpc) is 3.01. The fraction of sp³-hybridized carbons (Fsp3) is 0.176. The molecule has 0 bridgehead atoms. The molecular weight excluding hydrogens is 322 g/mol. The van der Waals surface area contributed by atoms with Gasteiger partial charge in [-0.3, -0.25) is 14.8 Å². The lowest BCUT2D eigenvalue weighted by Crippen LogP contribution is -2.18. The number of hydrogen-bond acceptors (Lipinski definition) is 4. The number of aromatic nitrogens is 4. The minimum atomic E-state index is -1.14. The fourth-order valence-electron chi connectivity index (χ4n) is 2.56. The van der Waals surface area contributed by atoms with Gasteiger partial charge in [-0.2, -0.15) is 10.2 Å². The lowest BCUT2D eigenvalue weighted by Gasteiger charge is -2.13. The molecule has 2 N–H and O–H groups in total. The molecule has 0 aliphatic heterocycles. The number of rotatable bonds is 4. The molecule has 1 aromatic carbocycles. The number of nitrogens with one attached hydrogen (secondary N) is 1. The van der Waals surface area contributed by atoms with Crippen molar-refractivity contribution in [3.05, 3.63) is 70.4 Å². The van der Waals surface area contributed by atoms with Gasteiger partial charge in [0.1, 0.15) is 11.4 Å². The van der Waals surface area contributed by atoms with E-state index in [-0.39, 0.29) is 11.3 Å². The van der Waals surface area contributed by atoms with Crippen LogP contribution in [0.15, 0.2) is 53.7 Å². The van der Waals surface area contributed by atoms with Gasteiger partial charge in [-0.25, -0.2) is 9.48 Å². The van der Waals surface area contributed by atoms with Crippen molar-refractivity contribution in [2.24, 2.45) is 7.05 Å². The van der Waals surface area contributed by atoms with Crippen molar-refractivity contribution in [1.29, 1.82) is 0 Å². The lowest BCUT2D eigenvalue weighted by molar-refractivity contribution is 0.210. The van der Waals surface area contributed by atoms with E-state index in [1.807, 2.05) is 13.0 Å². The smallest absolute Gasteiger partial charge is 0.409 e. The molecule has 0 fully saturated rings. The fourth-order valence-corrected chi connectivity index (χ4v) is 2.56. The van der Waals surface area contributed by atoms with Crippen molar-refractivity contribution in [1.82, 2.24) is 19.6 Å². The quantitative estimate of drug-likeness (QED) is 0.759. The SMILES string of the molecule is CC(c1cccc(NC(=O)O)c1)c1nn(-c2cnn(C)c2)ccc1=O. The maximum absolute atomic E-state index is 12.3. The summed E-state index contributed by atoms with van der Waals surface area (Å²) in [5, 5.41) is 19.7. The van der Waals surface area contributed by atoms with E-state index in [0.717, 1.165) is 11.3 Å². The summed E-state index contributed by atoms with van der Waals surface area (Å²) in [6.45, 7) is 1.86. The van der Waals surface area contributed by atoms with Crippen LogP contribution in [0.1, 0.15) is 24.1 Å². The standard InChI is InChI=1S/C17H17N5O3/c1-11(12-4-3-5-13(8-12)19-17(24)25)16-15(23)6-7-22(20-16)14-9-18-21(2)10-14/h3-11,19H,1-2H3,(H,24,25). The van der Waals surface area contributed by atoms with Crippen molar-refractivity contribution in [3.63, 3.8) is 0 Å². The van der Waals surface area contributed by atoms with Crippen LogP contribution in [0, 0.1) is 0 Å². The zero-order valence-corrected chi connectivity index (χ0v) is 13.7. The highest BCUT2D eigenvalue weighted by atomic mass is 16.4. The first kappa shape index (κ1) is 16.4. The number of aryl methyl sites for hydroxylation is 1. The number of hydrogen-bond donors (Lipinski definition) is 2. The molecule has 1 unspecified atom stereocenters. The zero-order valence-electron chi connectivity index (χ0n) is 13.7. The van der Waals surface area contributed by atoms with Crippen molar-refractivity contribution in [3.8, 4) is 5.69 Å². The van der Waals surface area contributed by atoms with Crippen LogP contribution in [0.5, 0.6) is 0 Å². The van der Waals surface area contributed by atoms with Gasteiger partial charge in [0, 0.05) is 30.9 Å². The molecule has 3 aromatic rings. The first-order valence-corrected chi connectivity index (χ1v) is 7.63. The Morgan fingerprint density at radius 3 is 2.80 bits per heavy atom. The normalized spacial score (nSPS) is 11.9. The van der Waals surface area contributed by atoms with E-state index < -0.39 is 6.09 Å². The van der Waals surface area contributed by atoms with Crippen LogP contribution in [-0.4, -0.2) is 30.8 Å². The second kappa shape index (κ2) is 6.60. The van der Waals surface area contributed by atoms with Gasteiger partial charge in [-0.15, -0.1) is 0 Å². The molecule has 0 saturated carbocycles. The number of anilines is 1. The predicted molar refractivity (Wildman–Crippen MR) is 92.2 cm³/mol. The van der Waals surface area contributed by atoms with Gasteiger partial charge in [0.2, 0.25) is 5.43 Å². The summed E-state index contributed by atoms with van der Waals surface area (Å²) >= 11 is 0. The molecule has 1 atom stereocenters. The summed E-state index contributed by atoms with van der Waals surface area (Å²) < 4.78 is 3.25. The third-order valence-corrected chi connectivity index (χ3v) is 3.84. The van der Waals surface area contributed by atoms with E-state index >= 15 is 0 Å². The van der Waals surface area contributed by atoms with Gasteiger partial charge in [0.05, 0.1) is 12.4 Å². The molecule has 128 valence electrons. The van der Waals surface area contributed by atoms with Gasteiger partial charge < -0.3 is 5.11 Å². The average molecular weight is 339 g/mol. The number of nitrogens with zero attached hydrogens (tertiary/aromatic N) is 4. The topological polar surface area (TPSA) is 102 Å². The second-order valence-corrected chi connectivity index (χ2v) is 5.66. The number of carboxylic acid groups (broad SMARTS) is 1. The van der Waals surface area contributed by atoms with E-state index in [2.05, 4.69) is 15.5 Å². The molecule has 2 heterocycles. The third kappa shape index (κ3) is 3.57.